The molecule has 1 aromatic carbocycles. The Labute approximate surface area is 169 Å². The molecule has 0 bridgehead atoms. The van der Waals surface area contributed by atoms with Crippen molar-refractivity contribution in [2.45, 2.75) is 30.2 Å². The minimum atomic E-state index is -3.66. The molecule has 28 heavy (non-hydrogen) atoms. The number of rotatable bonds is 4. The van der Waals surface area contributed by atoms with Crippen LogP contribution in [0, 0.1) is 0 Å². The number of carbonyl (C=O) groups is 1. The maximum Gasteiger partial charge on any atom is 0.243 e. The molecule has 4 rings (SSSR count). The molecule has 2 fully saturated rings. The van der Waals surface area contributed by atoms with Gasteiger partial charge in [-0.2, -0.15) is 4.31 Å². The van der Waals surface area contributed by atoms with Crippen molar-refractivity contribution in [1.29, 1.82) is 0 Å². The first-order valence-electron chi connectivity index (χ1n) is 9.57. The first-order valence-corrected chi connectivity index (χ1v) is 11.9. The molecule has 2 aromatic rings. The largest absolute Gasteiger partial charge is 0.346 e. The Balaban J connectivity index is 1.48. The lowest BCUT2D eigenvalue weighted by Gasteiger charge is -2.29. The lowest BCUT2D eigenvalue weighted by atomic mass is 10.2. The highest BCUT2D eigenvalue weighted by Crippen LogP contribution is 2.28. The van der Waals surface area contributed by atoms with E-state index in [0.29, 0.717) is 32.5 Å². The normalized spacial score (nSPS) is 21.6. The first kappa shape index (κ1) is 19.4. The van der Waals surface area contributed by atoms with Crippen molar-refractivity contribution < 1.29 is 13.2 Å². The number of hydrogen-bond donors (Lipinski definition) is 0. The van der Waals surface area contributed by atoms with Crippen LogP contribution in [-0.2, 0) is 14.8 Å². The van der Waals surface area contributed by atoms with Gasteiger partial charge in [-0.05, 0) is 31.4 Å². The molecule has 0 aliphatic carbocycles. The molecule has 2 aliphatic heterocycles. The van der Waals surface area contributed by atoms with E-state index in [9.17, 15) is 13.2 Å². The number of aromatic nitrogens is 1. The van der Waals surface area contributed by atoms with Crippen LogP contribution in [0.1, 0.15) is 19.3 Å². The van der Waals surface area contributed by atoms with E-state index in [2.05, 4.69) is 9.88 Å². The van der Waals surface area contributed by atoms with Gasteiger partial charge in [0.15, 0.2) is 5.13 Å². The van der Waals surface area contributed by atoms with Crippen LogP contribution in [0.15, 0.2) is 46.8 Å². The first-order chi connectivity index (χ1) is 13.6. The Morgan fingerprint density at radius 2 is 1.86 bits per heavy atom. The van der Waals surface area contributed by atoms with Crippen molar-refractivity contribution in [1.82, 2.24) is 14.2 Å². The lowest BCUT2D eigenvalue weighted by molar-refractivity contribution is -0.134. The van der Waals surface area contributed by atoms with Crippen LogP contribution >= 0.6 is 11.3 Å². The number of anilines is 1. The van der Waals surface area contributed by atoms with Crippen LogP contribution in [0.2, 0.25) is 0 Å². The van der Waals surface area contributed by atoms with Crippen molar-refractivity contribution in [2.75, 3.05) is 37.6 Å². The molecule has 1 aromatic heterocycles. The van der Waals surface area contributed by atoms with E-state index < -0.39 is 16.1 Å². The van der Waals surface area contributed by atoms with E-state index in [4.69, 9.17) is 0 Å². The summed E-state index contributed by atoms with van der Waals surface area (Å²) in [7, 11) is -3.66. The summed E-state index contributed by atoms with van der Waals surface area (Å²) < 4.78 is 27.5. The fourth-order valence-corrected chi connectivity index (χ4v) is 6.28. The molecule has 9 heteroatoms. The second-order valence-corrected chi connectivity index (χ2v) is 9.83. The SMILES string of the molecule is O=C(C1CCCN1S(=O)(=O)c1ccccc1)N1CCCN(c2nccs2)CC1. The number of benzene rings is 1. The summed E-state index contributed by atoms with van der Waals surface area (Å²) in [6.45, 7) is 3.21. The molecule has 0 spiro atoms. The fraction of sp³-hybridized carbons (Fsp3) is 0.474. The summed E-state index contributed by atoms with van der Waals surface area (Å²) >= 11 is 1.60. The molecule has 1 atom stereocenters. The minimum absolute atomic E-state index is 0.0713. The molecular formula is C19H24N4O3S2. The molecule has 1 amide bonds. The summed E-state index contributed by atoms with van der Waals surface area (Å²) in [5, 5.41) is 2.93. The van der Waals surface area contributed by atoms with Gasteiger partial charge in [0.1, 0.15) is 6.04 Å². The highest BCUT2D eigenvalue weighted by Gasteiger charge is 2.41. The Morgan fingerprint density at radius 1 is 1.04 bits per heavy atom. The molecule has 0 saturated carbocycles. The minimum Gasteiger partial charge on any atom is -0.346 e. The summed E-state index contributed by atoms with van der Waals surface area (Å²) in [4.78, 5) is 21.9. The van der Waals surface area contributed by atoms with E-state index >= 15 is 0 Å². The van der Waals surface area contributed by atoms with Crippen molar-refractivity contribution in [3.8, 4) is 0 Å². The number of nitrogens with zero attached hydrogens (tertiary/aromatic N) is 4. The zero-order chi connectivity index (χ0) is 19.6. The van der Waals surface area contributed by atoms with E-state index in [0.717, 1.165) is 24.6 Å². The van der Waals surface area contributed by atoms with Gasteiger partial charge in [-0.25, -0.2) is 13.4 Å². The Kier molecular flexibility index (Phi) is 5.65. The Morgan fingerprint density at radius 3 is 2.61 bits per heavy atom. The van der Waals surface area contributed by atoms with Gasteiger partial charge >= 0.3 is 0 Å². The van der Waals surface area contributed by atoms with Crippen molar-refractivity contribution >= 4 is 32.4 Å². The van der Waals surface area contributed by atoms with Gasteiger partial charge in [0.25, 0.3) is 0 Å². The van der Waals surface area contributed by atoms with Crippen molar-refractivity contribution in [3.63, 3.8) is 0 Å². The lowest BCUT2D eigenvalue weighted by Crippen LogP contribution is -2.48. The second kappa shape index (κ2) is 8.18. The summed E-state index contributed by atoms with van der Waals surface area (Å²) in [5.41, 5.74) is 0. The van der Waals surface area contributed by atoms with Crippen LogP contribution in [0.25, 0.3) is 0 Å². The summed E-state index contributed by atoms with van der Waals surface area (Å²) in [6, 6.07) is 7.79. The van der Waals surface area contributed by atoms with E-state index in [1.54, 1.807) is 47.9 Å². The van der Waals surface area contributed by atoms with Crippen LogP contribution < -0.4 is 4.90 Å². The Bertz CT molecular complexity index is 903. The van der Waals surface area contributed by atoms with Gasteiger partial charge in [-0.15, -0.1) is 11.3 Å². The van der Waals surface area contributed by atoms with Crippen molar-refractivity contribution in [2.24, 2.45) is 0 Å². The highest BCUT2D eigenvalue weighted by atomic mass is 32.2. The third-order valence-corrected chi connectivity index (χ3v) is 8.09. The highest BCUT2D eigenvalue weighted by molar-refractivity contribution is 7.89. The van der Waals surface area contributed by atoms with Gasteiger partial charge in [-0.1, -0.05) is 18.2 Å². The summed E-state index contributed by atoms with van der Waals surface area (Å²) in [5.74, 6) is -0.0713. The fourth-order valence-electron chi connectivity index (χ4n) is 3.91. The zero-order valence-corrected chi connectivity index (χ0v) is 17.2. The average molecular weight is 421 g/mol. The third kappa shape index (κ3) is 3.78. The van der Waals surface area contributed by atoms with Gasteiger partial charge in [0.2, 0.25) is 15.9 Å². The topological polar surface area (TPSA) is 73.8 Å². The number of hydrogen-bond acceptors (Lipinski definition) is 6. The smallest absolute Gasteiger partial charge is 0.243 e. The average Bonchev–Trinajstić information content (AvgIpc) is 3.37. The summed E-state index contributed by atoms with van der Waals surface area (Å²) in [6.07, 6.45) is 3.93. The van der Waals surface area contributed by atoms with E-state index in [1.165, 1.54) is 4.31 Å². The second-order valence-electron chi connectivity index (χ2n) is 7.07. The van der Waals surface area contributed by atoms with Gasteiger partial charge in [0, 0.05) is 44.3 Å². The van der Waals surface area contributed by atoms with Crippen LogP contribution in [0.4, 0.5) is 5.13 Å². The zero-order valence-electron chi connectivity index (χ0n) is 15.6. The van der Waals surface area contributed by atoms with E-state index in [-0.39, 0.29) is 10.8 Å². The number of sulfonamides is 1. The van der Waals surface area contributed by atoms with Crippen molar-refractivity contribution in [3.05, 3.63) is 41.9 Å². The van der Waals surface area contributed by atoms with Gasteiger partial charge in [-0.3, -0.25) is 4.79 Å². The molecule has 7 nitrogen and oxygen atoms in total. The number of carbonyl (C=O) groups excluding carboxylic acids is 1. The van der Waals surface area contributed by atoms with Crippen LogP contribution in [0.3, 0.4) is 0 Å². The predicted octanol–water partition coefficient (Wildman–Crippen LogP) is 2.04. The quantitative estimate of drug-likeness (QED) is 0.757. The molecule has 1 unspecified atom stereocenters. The standard InChI is InChI=1S/C19H24N4O3S2/c24-18(21-10-5-11-22(14-13-21)19-20-9-15-27-19)17-8-4-12-23(17)28(25,26)16-6-2-1-3-7-16/h1-3,6-7,9,15,17H,4-5,8,10-14H2. The van der Waals surface area contributed by atoms with Gasteiger partial charge in [0.05, 0.1) is 4.90 Å². The number of thiazole rings is 1. The molecular weight excluding hydrogens is 396 g/mol. The maximum atomic E-state index is 13.2. The number of amides is 1. The van der Waals surface area contributed by atoms with E-state index in [1.807, 2.05) is 10.3 Å². The third-order valence-electron chi connectivity index (χ3n) is 5.34. The molecule has 2 saturated heterocycles. The molecule has 150 valence electrons. The van der Waals surface area contributed by atoms with Crippen LogP contribution in [-0.4, -0.2) is 67.3 Å². The van der Waals surface area contributed by atoms with Gasteiger partial charge < -0.3 is 9.80 Å². The molecule has 0 N–H and O–H groups in total. The monoisotopic (exact) mass is 420 g/mol. The molecule has 2 aliphatic rings. The predicted molar refractivity (Wildman–Crippen MR) is 109 cm³/mol. The Hall–Kier alpha value is -1.97. The molecule has 3 heterocycles. The van der Waals surface area contributed by atoms with Crippen LogP contribution in [0.5, 0.6) is 0 Å². The molecule has 0 radical (unpaired) electrons. The maximum absolute atomic E-state index is 13.2.